The van der Waals surface area contributed by atoms with Gasteiger partial charge < -0.3 is 15.5 Å². The lowest BCUT2D eigenvalue weighted by Crippen LogP contribution is -2.25. The number of rotatable bonds is 4. The van der Waals surface area contributed by atoms with Gasteiger partial charge in [0.15, 0.2) is 0 Å². The van der Waals surface area contributed by atoms with Crippen molar-refractivity contribution in [3.63, 3.8) is 0 Å². The van der Waals surface area contributed by atoms with Crippen LogP contribution in [0.25, 0.3) is 10.6 Å². The topological polar surface area (TPSA) is 53.1 Å². The lowest BCUT2D eigenvalue weighted by Gasteiger charge is -2.21. The Morgan fingerprint density at radius 2 is 2.06 bits per heavy atom. The number of alkyl halides is 3. The summed E-state index contributed by atoms with van der Waals surface area (Å²) in [4.78, 5) is 13.2. The summed E-state index contributed by atoms with van der Waals surface area (Å²) in [6, 6.07) is 6.01. The average Bonchev–Trinajstić information content (AvgIpc) is 3.21. The van der Waals surface area contributed by atoms with Gasteiger partial charge in [0, 0.05) is 42.7 Å². The van der Waals surface area contributed by atoms with Crippen LogP contribution >= 0.6 is 35.3 Å². The van der Waals surface area contributed by atoms with Gasteiger partial charge in [-0.2, -0.15) is 13.2 Å². The van der Waals surface area contributed by atoms with Gasteiger partial charge >= 0.3 is 6.18 Å². The van der Waals surface area contributed by atoms with Gasteiger partial charge in [-0.15, -0.1) is 23.1 Å². The van der Waals surface area contributed by atoms with E-state index in [1.807, 2.05) is 11.9 Å². The first-order chi connectivity index (χ1) is 16.7. The van der Waals surface area contributed by atoms with E-state index in [-0.39, 0.29) is 11.6 Å². The Morgan fingerprint density at radius 1 is 1.23 bits per heavy atom. The first kappa shape index (κ1) is 24.5. The average molecular weight is 536 g/mol. The SMILES string of the molecule is CCc1cc2c(cc1Nc1ncc(C(F)(F)F)c(-c3cc4c(s3)C(=S)N(C)CCS4)n1)CCNC2. The van der Waals surface area contributed by atoms with Crippen LogP contribution in [-0.2, 0) is 25.6 Å². The zero-order valence-corrected chi connectivity index (χ0v) is 21.7. The highest BCUT2D eigenvalue weighted by Gasteiger charge is 2.36. The second-order valence-corrected chi connectivity index (χ2v) is 11.1. The van der Waals surface area contributed by atoms with E-state index in [9.17, 15) is 13.2 Å². The predicted octanol–water partition coefficient (Wildman–Crippen LogP) is 5.89. The largest absolute Gasteiger partial charge is 0.420 e. The maximum atomic E-state index is 13.9. The molecule has 0 atom stereocenters. The van der Waals surface area contributed by atoms with E-state index in [0.29, 0.717) is 9.87 Å². The van der Waals surface area contributed by atoms with E-state index < -0.39 is 11.7 Å². The first-order valence-electron chi connectivity index (χ1n) is 11.3. The van der Waals surface area contributed by atoms with E-state index in [2.05, 4.69) is 39.7 Å². The molecule has 2 aliphatic heterocycles. The molecular formula is C24H24F3N5S3. The van der Waals surface area contributed by atoms with Gasteiger partial charge in [-0.25, -0.2) is 9.97 Å². The number of hydrogen-bond donors (Lipinski definition) is 2. The zero-order valence-electron chi connectivity index (χ0n) is 19.3. The number of aryl methyl sites for hydroxylation is 1. The van der Waals surface area contributed by atoms with Crippen molar-refractivity contribution in [1.29, 1.82) is 0 Å². The summed E-state index contributed by atoms with van der Waals surface area (Å²) in [6.07, 6.45) is -2.02. The number of halogens is 3. The van der Waals surface area contributed by atoms with Crippen LogP contribution in [0.1, 0.15) is 34.1 Å². The standard InChI is InChI=1S/C24H24F3N5S3/c1-3-13-8-15-11-28-5-4-14(15)9-17(13)30-23-29-12-16(24(25,26)27)20(31-23)18-10-19-21(35-18)22(33)32(2)6-7-34-19/h8-10,12,28H,3-7,11H2,1-2H3,(H,29,30,31). The number of nitrogens with zero attached hydrogens (tertiary/aromatic N) is 3. The van der Waals surface area contributed by atoms with Crippen molar-refractivity contribution in [3.05, 3.63) is 51.5 Å². The third-order valence-corrected chi connectivity index (χ3v) is 9.13. The number of fused-ring (bicyclic) bond motifs is 2. The van der Waals surface area contributed by atoms with Gasteiger partial charge in [-0.3, -0.25) is 0 Å². The normalized spacial score (nSPS) is 16.0. The van der Waals surface area contributed by atoms with Gasteiger partial charge in [0.05, 0.1) is 15.4 Å². The molecule has 0 unspecified atom stereocenters. The molecule has 0 aliphatic carbocycles. The molecular weight excluding hydrogens is 511 g/mol. The number of hydrogen-bond acceptors (Lipinski definition) is 7. The maximum Gasteiger partial charge on any atom is 0.420 e. The number of aromatic nitrogens is 2. The van der Waals surface area contributed by atoms with Crippen LogP contribution in [0.5, 0.6) is 0 Å². The number of nitrogens with one attached hydrogen (secondary N) is 2. The summed E-state index contributed by atoms with van der Waals surface area (Å²) in [7, 11) is 1.91. The summed E-state index contributed by atoms with van der Waals surface area (Å²) in [5.41, 5.74) is 3.41. The molecule has 184 valence electrons. The van der Waals surface area contributed by atoms with Crippen molar-refractivity contribution in [1.82, 2.24) is 20.2 Å². The molecule has 5 rings (SSSR count). The second kappa shape index (κ2) is 9.68. The predicted molar refractivity (Wildman–Crippen MR) is 140 cm³/mol. The third-order valence-electron chi connectivity index (χ3n) is 6.19. The molecule has 2 N–H and O–H groups in total. The van der Waals surface area contributed by atoms with Crippen molar-refractivity contribution in [2.75, 3.05) is 31.2 Å². The van der Waals surface area contributed by atoms with Crippen LogP contribution in [0, 0.1) is 0 Å². The van der Waals surface area contributed by atoms with Gasteiger partial charge in [-0.05, 0) is 48.2 Å². The zero-order chi connectivity index (χ0) is 24.7. The lowest BCUT2D eigenvalue weighted by molar-refractivity contribution is -0.137. The van der Waals surface area contributed by atoms with Crippen molar-refractivity contribution in [2.24, 2.45) is 0 Å². The lowest BCUT2D eigenvalue weighted by atomic mass is 9.96. The molecule has 35 heavy (non-hydrogen) atoms. The highest BCUT2D eigenvalue weighted by atomic mass is 32.2. The fraction of sp³-hybridized carbons (Fsp3) is 0.375. The number of thiocarbonyl (C=S) groups is 1. The second-order valence-electron chi connectivity index (χ2n) is 8.52. The Balaban J connectivity index is 1.56. The van der Waals surface area contributed by atoms with Gasteiger partial charge in [0.1, 0.15) is 10.6 Å². The van der Waals surface area contributed by atoms with E-state index >= 15 is 0 Å². The Bertz CT molecular complexity index is 1290. The molecule has 0 fully saturated rings. The number of thiophene rings is 1. The minimum atomic E-state index is -4.58. The Labute approximate surface area is 215 Å². The monoisotopic (exact) mass is 535 g/mol. The number of benzene rings is 1. The van der Waals surface area contributed by atoms with E-state index in [4.69, 9.17) is 12.2 Å². The molecule has 0 saturated heterocycles. The van der Waals surface area contributed by atoms with Crippen LogP contribution in [-0.4, -0.2) is 45.7 Å². The smallest absolute Gasteiger partial charge is 0.364 e. The molecule has 0 saturated carbocycles. The summed E-state index contributed by atoms with van der Waals surface area (Å²) in [5.74, 6) is 0.961. The van der Waals surface area contributed by atoms with Gasteiger partial charge in [0.25, 0.3) is 0 Å². The first-order valence-corrected chi connectivity index (χ1v) is 13.5. The molecule has 0 amide bonds. The molecule has 1 aromatic carbocycles. The van der Waals surface area contributed by atoms with Crippen LogP contribution < -0.4 is 10.6 Å². The number of thioether (sulfide) groups is 1. The molecule has 4 heterocycles. The van der Waals surface area contributed by atoms with Crippen molar-refractivity contribution in [2.45, 2.75) is 37.4 Å². The molecule has 0 spiro atoms. The van der Waals surface area contributed by atoms with Crippen LogP contribution in [0.15, 0.2) is 29.3 Å². The van der Waals surface area contributed by atoms with Gasteiger partial charge in [-0.1, -0.05) is 25.2 Å². The quantitative estimate of drug-likeness (QED) is 0.404. The summed E-state index contributed by atoms with van der Waals surface area (Å²) >= 11 is 8.44. The van der Waals surface area contributed by atoms with Crippen LogP contribution in [0.3, 0.4) is 0 Å². The molecule has 2 aliphatic rings. The maximum absolute atomic E-state index is 13.9. The van der Waals surface area contributed by atoms with Crippen molar-refractivity contribution in [3.8, 4) is 10.6 Å². The van der Waals surface area contributed by atoms with Crippen LogP contribution in [0.4, 0.5) is 24.8 Å². The van der Waals surface area contributed by atoms with Crippen LogP contribution in [0.2, 0.25) is 0 Å². The van der Waals surface area contributed by atoms with E-state index in [1.54, 1.807) is 17.8 Å². The Hall–Kier alpha value is -2.21. The molecule has 0 radical (unpaired) electrons. The molecule has 2 aromatic heterocycles. The Morgan fingerprint density at radius 3 is 2.83 bits per heavy atom. The number of anilines is 2. The summed E-state index contributed by atoms with van der Waals surface area (Å²) in [6.45, 7) is 4.57. The highest BCUT2D eigenvalue weighted by molar-refractivity contribution is 7.99. The minimum absolute atomic E-state index is 0.126. The van der Waals surface area contributed by atoms with Crippen molar-refractivity contribution >= 4 is 51.9 Å². The highest BCUT2D eigenvalue weighted by Crippen LogP contribution is 2.43. The van der Waals surface area contributed by atoms with E-state index in [1.165, 1.54) is 22.5 Å². The fourth-order valence-electron chi connectivity index (χ4n) is 4.27. The van der Waals surface area contributed by atoms with E-state index in [0.717, 1.165) is 65.4 Å². The molecule has 11 heteroatoms. The third kappa shape index (κ3) is 4.91. The fourth-order valence-corrected chi connectivity index (χ4v) is 7.10. The summed E-state index contributed by atoms with van der Waals surface area (Å²) in [5, 5.41) is 6.58. The van der Waals surface area contributed by atoms with Gasteiger partial charge in [0.2, 0.25) is 5.95 Å². The summed E-state index contributed by atoms with van der Waals surface area (Å²) < 4.78 is 41.8. The minimum Gasteiger partial charge on any atom is -0.364 e. The molecule has 0 bridgehead atoms. The van der Waals surface area contributed by atoms with Crippen molar-refractivity contribution < 1.29 is 13.2 Å². The molecule has 5 nitrogen and oxygen atoms in total. The Kier molecular flexibility index (Phi) is 6.77. The molecule has 3 aromatic rings.